The summed E-state index contributed by atoms with van der Waals surface area (Å²) in [4.78, 5) is 19.1. The monoisotopic (exact) mass is 656 g/mol. The second-order valence-electron chi connectivity index (χ2n) is 13.4. The van der Waals surface area contributed by atoms with E-state index < -0.39 is 0 Å². The van der Waals surface area contributed by atoms with Crippen LogP contribution in [-0.2, 0) is 25.5 Å². The fraction of sp³-hybridized carbons (Fsp3) is 0.700. The number of allylic oxidation sites excluding steroid dienone is 6. The lowest BCUT2D eigenvalue weighted by Gasteiger charge is -2.22. The van der Waals surface area contributed by atoms with Crippen molar-refractivity contribution in [3.63, 3.8) is 0 Å². The largest absolute Gasteiger partial charge is 0.463 e. The molecule has 1 aromatic rings. The maximum absolute atomic E-state index is 12.1. The zero-order valence-corrected chi connectivity index (χ0v) is 31.3. The van der Waals surface area contributed by atoms with Gasteiger partial charge in [0, 0.05) is 31.6 Å². The summed E-state index contributed by atoms with van der Waals surface area (Å²) in [7, 11) is 0. The normalized spacial score (nSPS) is 12.1. The number of rotatable bonds is 29. The van der Waals surface area contributed by atoms with Gasteiger partial charge in [0.25, 0.3) is 0 Å². The standard InChI is InChI=1S/C40H69N3O4/c1-35(2)19-16-21-37(5)23-32-46-34-45-30-14-10-8-12-25-42(27-18-28-43-29-24-41-39(43)7)26-13-9-11-15-31-47-40(44)33-38(6)22-17-20-36(3)4/h19-20,23-24,29,33H,8-18,21-22,25-28,30-32,34H2,1-7H3/b37-23+,38-33+. The van der Waals surface area contributed by atoms with Crippen molar-refractivity contribution in [3.8, 4) is 0 Å². The molecule has 0 saturated carbocycles. The molecular formula is C40H69N3O4. The zero-order chi connectivity index (χ0) is 34.5. The second kappa shape index (κ2) is 28.5. The van der Waals surface area contributed by atoms with Crippen LogP contribution in [0.4, 0.5) is 0 Å². The molecule has 1 heterocycles. The minimum atomic E-state index is -0.205. The van der Waals surface area contributed by atoms with E-state index in [1.165, 1.54) is 42.4 Å². The Morgan fingerprint density at radius 2 is 1.34 bits per heavy atom. The highest BCUT2D eigenvalue weighted by molar-refractivity contribution is 5.82. The average Bonchev–Trinajstić information content (AvgIpc) is 3.42. The van der Waals surface area contributed by atoms with Gasteiger partial charge in [-0.25, -0.2) is 9.78 Å². The molecular weight excluding hydrogens is 586 g/mol. The lowest BCUT2D eigenvalue weighted by Crippen LogP contribution is -2.28. The van der Waals surface area contributed by atoms with Gasteiger partial charge in [0.2, 0.25) is 0 Å². The van der Waals surface area contributed by atoms with Crippen LogP contribution in [0, 0.1) is 6.92 Å². The van der Waals surface area contributed by atoms with E-state index in [0.29, 0.717) is 20.0 Å². The van der Waals surface area contributed by atoms with Gasteiger partial charge in [0.1, 0.15) is 12.6 Å². The van der Waals surface area contributed by atoms with Crippen molar-refractivity contribution in [1.82, 2.24) is 14.5 Å². The van der Waals surface area contributed by atoms with Crippen LogP contribution in [0.3, 0.4) is 0 Å². The predicted molar refractivity (Wildman–Crippen MR) is 198 cm³/mol. The third kappa shape index (κ3) is 26.2. The lowest BCUT2D eigenvalue weighted by molar-refractivity contribution is -0.137. The molecule has 1 rings (SSSR count). The predicted octanol–water partition coefficient (Wildman–Crippen LogP) is 9.92. The fourth-order valence-corrected chi connectivity index (χ4v) is 5.26. The van der Waals surface area contributed by atoms with E-state index in [0.717, 1.165) is 102 Å². The van der Waals surface area contributed by atoms with E-state index in [1.54, 1.807) is 6.08 Å². The summed E-state index contributed by atoms with van der Waals surface area (Å²) >= 11 is 0. The summed E-state index contributed by atoms with van der Waals surface area (Å²) in [5.74, 6) is 0.879. The minimum Gasteiger partial charge on any atom is -0.463 e. The second-order valence-corrected chi connectivity index (χ2v) is 13.4. The zero-order valence-electron chi connectivity index (χ0n) is 31.3. The van der Waals surface area contributed by atoms with Crippen molar-refractivity contribution in [2.45, 2.75) is 138 Å². The van der Waals surface area contributed by atoms with Crippen LogP contribution >= 0.6 is 0 Å². The first-order valence-electron chi connectivity index (χ1n) is 18.3. The molecule has 7 nitrogen and oxygen atoms in total. The Balaban J connectivity index is 2.21. The van der Waals surface area contributed by atoms with Crippen LogP contribution in [0.25, 0.3) is 0 Å². The van der Waals surface area contributed by atoms with Crippen LogP contribution in [-0.4, -0.2) is 66.7 Å². The summed E-state index contributed by atoms with van der Waals surface area (Å²) in [6, 6.07) is 0. The van der Waals surface area contributed by atoms with Crippen molar-refractivity contribution < 1.29 is 19.0 Å². The van der Waals surface area contributed by atoms with Crippen LogP contribution in [0.2, 0.25) is 0 Å². The smallest absolute Gasteiger partial charge is 0.330 e. The quantitative estimate of drug-likeness (QED) is 0.0281. The van der Waals surface area contributed by atoms with Crippen molar-refractivity contribution in [3.05, 3.63) is 64.8 Å². The number of carbonyl (C=O) groups is 1. The Morgan fingerprint density at radius 3 is 1.96 bits per heavy atom. The van der Waals surface area contributed by atoms with Gasteiger partial charge < -0.3 is 23.7 Å². The molecule has 0 spiro atoms. The number of nitrogens with zero attached hydrogens (tertiary/aromatic N) is 3. The Labute approximate surface area is 288 Å². The van der Waals surface area contributed by atoms with E-state index in [-0.39, 0.29) is 5.97 Å². The van der Waals surface area contributed by atoms with Gasteiger partial charge in [-0.05, 0) is 126 Å². The van der Waals surface area contributed by atoms with Crippen LogP contribution in [0.5, 0.6) is 0 Å². The maximum atomic E-state index is 12.1. The number of aryl methyl sites for hydroxylation is 2. The molecule has 0 amide bonds. The van der Waals surface area contributed by atoms with Crippen molar-refractivity contribution in [2.24, 2.45) is 0 Å². The summed E-state index contributed by atoms with van der Waals surface area (Å²) in [5.41, 5.74) is 5.14. The number of esters is 1. The van der Waals surface area contributed by atoms with Crippen LogP contribution < -0.4 is 0 Å². The fourth-order valence-electron chi connectivity index (χ4n) is 5.26. The van der Waals surface area contributed by atoms with Crippen molar-refractivity contribution in [1.29, 1.82) is 0 Å². The number of unbranched alkanes of at least 4 members (excludes halogenated alkanes) is 6. The number of hydrogen-bond donors (Lipinski definition) is 0. The molecule has 0 atom stereocenters. The lowest BCUT2D eigenvalue weighted by atomic mass is 10.1. The maximum Gasteiger partial charge on any atom is 0.330 e. The van der Waals surface area contributed by atoms with Gasteiger partial charge in [-0.2, -0.15) is 0 Å². The Bertz CT molecular complexity index is 1060. The highest BCUT2D eigenvalue weighted by Crippen LogP contribution is 2.10. The third-order valence-electron chi connectivity index (χ3n) is 8.19. The number of ether oxygens (including phenoxy) is 3. The SMILES string of the molecule is CC(C)=CCC/C(C)=C/COCOCCCCCCN(CCCCCCOC(=O)/C=C(\C)CCC=C(C)C)CCCn1ccnc1C. The molecule has 0 radical (unpaired) electrons. The summed E-state index contributed by atoms with van der Waals surface area (Å²) < 4.78 is 19.0. The van der Waals surface area contributed by atoms with Crippen LogP contribution in [0.15, 0.2) is 59.0 Å². The summed E-state index contributed by atoms with van der Waals surface area (Å²) in [6.07, 6.45) is 26.5. The molecule has 0 saturated heterocycles. The van der Waals surface area contributed by atoms with Gasteiger partial charge in [0.05, 0.1) is 13.2 Å². The highest BCUT2D eigenvalue weighted by Gasteiger charge is 2.07. The molecule has 0 aliphatic rings. The first-order chi connectivity index (χ1) is 22.7. The van der Waals surface area contributed by atoms with Crippen LogP contribution in [0.1, 0.15) is 131 Å². The van der Waals surface area contributed by atoms with E-state index >= 15 is 0 Å². The molecule has 268 valence electrons. The minimum absolute atomic E-state index is 0.205. The van der Waals surface area contributed by atoms with E-state index in [1.807, 2.05) is 13.1 Å². The molecule has 7 heteroatoms. The van der Waals surface area contributed by atoms with Gasteiger partial charge in [-0.15, -0.1) is 0 Å². The Hall–Kier alpha value is -2.48. The topological polar surface area (TPSA) is 65.8 Å². The molecule has 0 aliphatic heterocycles. The molecule has 0 bridgehead atoms. The Kier molecular flexibility index (Phi) is 25.8. The number of hydrogen-bond acceptors (Lipinski definition) is 6. The first-order valence-corrected chi connectivity index (χ1v) is 18.3. The molecule has 1 aromatic heterocycles. The third-order valence-corrected chi connectivity index (χ3v) is 8.19. The van der Waals surface area contributed by atoms with E-state index in [9.17, 15) is 4.79 Å². The van der Waals surface area contributed by atoms with Crippen molar-refractivity contribution >= 4 is 5.97 Å². The number of carbonyl (C=O) groups excluding carboxylic acids is 1. The molecule has 0 aliphatic carbocycles. The van der Waals surface area contributed by atoms with Gasteiger partial charge in [-0.1, -0.05) is 66.2 Å². The molecule has 0 aromatic carbocycles. The molecule has 0 fully saturated rings. The van der Waals surface area contributed by atoms with Gasteiger partial charge in [0.15, 0.2) is 0 Å². The number of imidazole rings is 1. The van der Waals surface area contributed by atoms with Gasteiger partial charge >= 0.3 is 5.97 Å². The average molecular weight is 656 g/mol. The van der Waals surface area contributed by atoms with E-state index in [2.05, 4.69) is 80.4 Å². The van der Waals surface area contributed by atoms with Crippen molar-refractivity contribution in [2.75, 3.05) is 46.2 Å². The molecule has 0 unspecified atom stereocenters. The number of aromatic nitrogens is 2. The van der Waals surface area contributed by atoms with Gasteiger partial charge in [-0.3, -0.25) is 0 Å². The first kappa shape index (κ1) is 42.5. The summed E-state index contributed by atoms with van der Waals surface area (Å²) in [6.45, 7) is 21.4. The molecule has 0 N–H and O–H groups in total. The Morgan fingerprint density at radius 1 is 0.745 bits per heavy atom. The highest BCUT2D eigenvalue weighted by atomic mass is 16.7. The van der Waals surface area contributed by atoms with E-state index in [4.69, 9.17) is 14.2 Å². The molecule has 47 heavy (non-hydrogen) atoms. The summed E-state index contributed by atoms with van der Waals surface area (Å²) in [5, 5.41) is 0.